The van der Waals surface area contributed by atoms with E-state index < -0.39 is 40.0 Å². The number of hydrogen-bond donors (Lipinski definition) is 1. The number of β-lactam (4-membered cyclic amide) rings is 1. The number of carboxylic acids is 1. The molecule has 2 fully saturated rings. The number of amides is 2. The van der Waals surface area contributed by atoms with Gasteiger partial charge in [-0.15, -0.1) is 11.8 Å². The van der Waals surface area contributed by atoms with Crippen LogP contribution in [0.3, 0.4) is 0 Å². The van der Waals surface area contributed by atoms with Crippen molar-refractivity contribution >= 4 is 29.5 Å². The topological polar surface area (TPSA) is 116 Å². The van der Waals surface area contributed by atoms with Crippen molar-refractivity contribution in [2.45, 2.75) is 43.0 Å². The molecule has 2 aliphatic heterocycles. The molecule has 3 atom stereocenters. The summed E-state index contributed by atoms with van der Waals surface area (Å²) in [5, 5.41) is 17.7. The van der Waals surface area contributed by atoms with Crippen molar-refractivity contribution in [2.75, 3.05) is 0 Å². The van der Waals surface area contributed by atoms with Crippen molar-refractivity contribution in [3.63, 3.8) is 0 Å². The molecule has 10 heteroatoms. The van der Waals surface area contributed by atoms with Gasteiger partial charge in [-0.1, -0.05) is 35.5 Å². The van der Waals surface area contributed by atoms with Crippen LogP contribution in [-0.2, 0) is 9.59 Å². The van der Waals surface area contributed by atoms with Crippen LogP contribution in [0, 0.1) is 6.92 Å². The van der Waals surface area contributed by atoms with Crippen LogP contribution in [0.4, 0.5) is 0 Å². The Hall–Kier alpha value is -1.81. The number of nitrogens with one attached hydrogen (secondary N) is 1. The minimum absolute atomic E-state index is 0. The molecule has 0 radical (unpaired) electrons. The maximum atomic E-state index is 12.9. The largest absolute Gasteiger partial charge is 1.00 e. The molecule has 2 aliphatic rings. The molecule has 2 unspecified atom stereocenters. The van der Waals surface area contributed by atoms with Gasteiger partial charge in [0.15, 0.2) is 0 Å². The number of benzene rings is 1. The van der Waals surface area contributed by atoms with Crippen molar-refractivity contribution in [1.82, 2.24) is 15.4 Å². The Labute approximate surface area is 193 Å². The second-order valence-corrected chi connectivity index (χ2v) is 9.13. The normalized spacial score (nSPS) is 24.3. The second kappa shape index (κ2) is 7.79. The van der Waals surface area contributed by atoms with Gasteiger partial charge < -0.3 is 24.6 Å². The van der Waals surface area contributed by atoms with E-state index in [1.807, 2.05) is 30.3 Å². The van der Waals surface area contributed by atoms with Crippen molar-refractivity contribution in [1.29, 1.82) is 0 Å². The van der Waals surface area contributed by atoms with Gasteiger partial charge in [0, 0.05) is 10.3 Å². The van der Waals surface area contributed by atoms with Gasteiger partial charge in [0.1, 0.15) is 28.4 Å². The maximum absolute atomic E-state index is 12.9. The molecule has 4 rings (SSSR count). The molecule has 2 aromatic rings. The van der Waals surface area contributed by atoms with Gasteiger partial charge in [0.05, 0.1) is 12.0 Å². The van der Waals surface area contributed by atoms with Crippen LogP contribution in [0.2, 0.25) is 0 Å². The third-order valence-corrected chi connectivity index (χ3v) is 6.66. The molecule has 2 saturated heterocycles. The third kappa shape index (κ3) is 3.50. The molecule has 3 heterocycles. The van der Waals surface area contributed by atoms with Crippen LogP contribution in [-0.4, -0.2) is 50.0 Å². The van der Waals surface area contributed by atoms with Gasteiger partial charge in [-0.2, -0.15) is 0 Å². The van der Waals surface area contributed by atoms with Crippen molar-refractivity contribution in [2.24, 2.45) is 0 Å². The number of hydrogen-bond acceptors (Lipinski definition) is 7. The predicted molar refractivity (Wildman–Crippen MR) is 99.0 cm³/mol. The van der Waals surface area contributed by atoms with Gasteiger partial charge in [-0.3, -0.25) is 9.59 Å². The van der Waals surface area contributed by atoms with Gasteiger partial charge in [-0.05, 0) is 20.8 Å². The molecule has 8 nitrogen and oxygen atoms in total. The molecular weight excluding hydrogens is 405 g/mol. The van der Waals surface area contributed by atoms with Crippen molar-refractivity contribution in [3.05, 3.63) is 41.7 Å². The molecule has 1 aromatic carbocycles. The predicted octanol–water partition coefficient (Wildman–Crippen LogP) is -2.44. The van der Waals surface area contributed by atoms with E-state index in [2.05, 4.69) is 10.5 Å². The van der Waals surface area contributed by atoms with E-state index in [1.54, 1.807) is 20.8 Å². The van der Waals surface area contributed by atoms with E-state index in [9.17, 15) is 19.5 Å². The Morgan fingerprint density at radius 3 is 2.55 bits per heavy atom. The molecule has 0 aliphatic carbocycles. The molecule has 0 bridgehead atoms. The average Bonchev–Trinajstić information content (AvgIpc) is 3.15. The van der Waals surface area contributed by atoms with Gasteiger partial charge in [0.25, 0.3) is 5.91 Å². The Morgan fingerprint density at radius 1 is 1.28 bits per heavy atom. The summed E-state index contributed by atoms with van der Waals surface area (Å²) < 4.78 is 4.49. The fraction of sp³-hybridized carbons (Fsp3) is 0.368. The van der Waals surface area contributed by atoms with E-state index in [-0.39, 0.29) is 35.1 Å². The molecule has 0 saturated carbocycles. The summed E-state index contributed by atoms with van der Waals surface area (Å²) in [6, 6.07) is 7.29. The first-order chi connectivity index (χ1) is 13.2. The van der Waals surface area contributed by atoms with Crippen LogP contribution in [0.15, 0.2) is 34.9 Å². The van der Waals surface area contributed by atoms with Crippen LogP contribution in [0.1, 0.15) is 30.0 Å². The molecule has 29 heavy (non-hydrogen) atoms. The monoisotopic (exact) mass is 423 g/mol. The zero-order valence-corrected chi connectivity index (χ0v) is 19.3. The Balaban J connectivity index is 0.00000240. The van der Waals surface area contributed by atoms with E-state index in [4.69, 9.17) is 4.52 Å². The van der Waals surface area contributed by atoms with Gasteiger partial charge in [0.2, 0.25) is 5.91 Å². The van der Waals surface area contributed by atoms with Gasteiger partial charge in [-0.25, -0.2) is 0 Å². The summed E-state index contributed by atoms with van der Waals surface area (Å²) in [5.41, 5.74) is 1.38. The number of carbonyl (C=O) groups is 3. The number of fused-ring (bicyclic) bond motifs is 1. The second-order valence-electron chi connectivity index (χ2n) is 7.36. The molecule has 1 aromatic heterocycles. The van der Waals surface area contributed by atoms with Crippen LogP contribution < -0.4 is 40.0 Å². The van der Waals surface area contributed by atoms with Crippen LogP contribution in [0.25, 0.3) is 11.3 Å². The Morgan fingerprint density at radius 2 is 1.93 bits per heavy atom. The first kappa shape index (κ1) is 21.9. The molecular formula is C19H18N3NaO5S. The summed E-state index contributed by atoms with van der Waals surface area (Å²) in [6.07, 6.45) is 0. The third-order valence-electron chi connectivity index (χ3n) is 5.09. The molecule has 146 valence electrons. The fourth-order valence-corrected chi connectivity index (χ4v) is 5.39. The fourth-order valence-electron chi connectivity index (χ4n) is 3.77. The first-order valence-electron chi connectivity index (χ1n) is 8.76. The number of nitrogens with zero attached hydrogens (tertiary/aromatic N) is 2. The smallest absolute Gasteiger partial charge is 0.548 e. The van der Waals surface area contributed by atoms with E-state index in [1.165, 1.54) is 16.7 Å². The number of rotatable bonds is 4. The van der Waals surface area contributed by atoms with E-state index in [0.29, 0.717) is 11.5 Å². The van der Waals surface area contributed by atoms with Crippen molar-refractivity contribution in [3.8, 4) is 11.3 Å². The minimum Gasteiger partial charge on any atom is -0.548 e. The molecule has 0 spiro atoms. The van der Waals surface area contributed by atoms with Crippen molar-refractivity contribution < 1.29 is 53.6 Å². The zero-order chi connectivity index (χ0) is 20.2. The summed E-state index contributed by atoms with van der Waals surface area (Å²) in [5.74, 6) is -1.86. The first-order valence-corrected chi connectivity index (χ1v) is 9.64. The molecule has 1 N–H and O–H groups in total. The standard InChI is InChI=1S/C19H19N3O5S.Na/c1-9-11(12(21-27-9)10-7-5-4-6-8-10)15(23)20-13-16(24)22-14(18(25)26)19(2,3)28-17(13)22;/h4-8,13-14,17H,1-3H3,(H,20,23)(H,25,26);/q;+1/p-1/t13?,14?,17-;/m0./s1. The average molecular weight is 423 g/mol. The van der Waals surface area contributed by atoms with Crippen LogP contribution in [0.5, 0.6) is 0 Å². The van der Waals surface area contributed by atoms with Gasteiger partial charge >= 0.3 is 29.6 Å². The number of carbonyl (C=O) groups excluding carboxylic acids is 3. The zero-order valence-electron chi connectivity index (χ0n) is 16.5. The maximum Gasteiger partial charge on any atom is 1.00 e. The number of carboxylic acid groups (broad SMARTS) is 1. The number of aromatic nitrogens is 1. The summed E-state index contributed by atoms with van der Waals surface area (Å²) in [4.78, 5) is 38.2. The quantitative estimate of drug-likeness (QED) is 0.429. The van der Waals surface area contributed by atoms with Crippen LogP contribution >= 0.6 is 11.8 Å². The summed E-state index contributed by atoms with van der Waals surface area (Å²) in [6.45, 7) is 5.13. The van der Waals surface area contributed by atoms with E-state index in [0.717, 1.165) is 5.56 Å². The Kier molecular flexibility index (Phi) is 5.88. The summed E-state index contributed by atoms with van der Waals surface area (Å²) >= 11 is 1.34. The van der Waals surface area contributed by atoms with E-state index >= 15 is 0 Å². The molecule has 2 amide bonds. The minimum atomic E-state index is -1.29. The SMILES string of the molecule is Cc1onc(-c2ccccc2)c1C(=O)NC1C(=O)N2C(C(=O)[O-])C(C)(C)S[C@@H]12.[Na+]. The Bertz CT molecular complexity index is 977. The summed E-state index contributed by atoms with van der Waals surface area (Å²) in [7, 11) is 0. The number of aliphatic carboxylic acids is 1. The number of thioether (sulfide) groups is 1. The number of aryl methyl sites for hydroxylation is 1.